The van der Waals surface area contributed by atoms with Gasteiger partial charge in [0, 0.05) is 12.7 Å². The molecule has 146 valence electrons. The van der Waals surface area contributed by atoms with E-state index >= 15 is 0 Å². The maximum absolute atomic E-state index is 12.2. The van der Waals surface area contributed by atoms with Crippen LogP contribution >= 0.6 is 0 Å². The standard InChI is InChI=1S/C19H21F3N2O3/c1-13(2)9-24-18(25)17-7-6-15(10-23-17)12-26-11-14-4-3-5-16(8-14)27-19(20,21)22/h3-8,10,13H,9,11-12H2,1-2H3,(H,24,25). The third kappa shape index (κ3) is 7.65. The van der Waals surface area contributed by atoms with Crippen molar-refractivity contribution in [1.29, 1.82) is 0 Å². The number of aromatic nitrogens is 1. The molecule has 2 rings (SSSR count). The van der Waals surface area contributed by atoms with E-state index in [2.05, 4.69) is 15.0 Å². The van der Waals surface area contributed by atoms with Gasteiger partial charge in [-0.2, -0.15) is 0 Å². The molecule has 1 aromatic heterocycles. The first-order chi connectivity index (χ1) is 12.7. The smallest absolute Gasteiger partial charge is 0.406 e. The number of ether oxygens (including phenoxy) is 2. The molecule has 27 heavy (non-hydrogen) atoms. The molecule has 1 heterocycles. The second-order valence-corrected chi connectivity index (χ2v) is 6.34. The van der Waals surface area contributed by atoms with Gasteiger partial charge in [0.05, 0.1) is 13.2 Å². The highest BCUT2D eigenvalue weighted by Crippen LogP contribution is 2.23. The maximum atomic E-state index is 12.2. The number of carbonyl (C=O) groups is 1. The topological polar surface area (TPSA) is 60.5 Å². The molecule has 1 amide bonds. The molecule has 0 radical (unpaired) electrons. The quantitative estimate of drug-likeness (QED) is 0.747. The van der Waals surface area contributed by atoms with Gasteiger partial charge >= 0.3 is 6.36 Å². The molecular weight excluding hydrogens is 361 g/mol. The fourth-order valence-electron chi connectivity index (χ4n) is 2.15. The number of pyridine rings is 1. The Bertz CT molecular complexity index is 747. The zero-order valence-electron chi connectivity index (χ0n) is 15.0. The first kappa shape index (κ1) is 20.7. The van der Waals surface area contributed by atoms with E-state index in [1.165, 1.54) is 24.4 Å². The lowest BCUT2D eigenvalue weighted by Crippen LogP contribution is -2.28. The summed E-state index contributed by atoms with van der Waals surface area (Å²) in [5, 5.41) is 2.78. The number of carbonyl (C=O) groups excluding carboxylic acids is 1. The molecule has 1 aromatic carbocycles. The number of rotatable bonds is 8. The van der Waals surface area contributed by atoms with Crippen molar-refractivity contribution in [1.82, 2.24) is 10.3 Å². The van der Waals surface area contributed by atoms with Gasteiger partial charge in [-0.3, -0.25) is 9.78 Å². The molecule has 0 unspecified atom stereocenters. The summed E-state index contributed by atoms with van der Waals surface area (Å²) < 4.78 is 46.1. The van der Waals surface area contributed by atoms with Crippen molar-refractivity contribution >= 4 is 5.91 Å². The number of nitrogens with zero attached hydrogens (tertiary/aromatic N) is 1. The molecule has 0 aliphatic heterocycles. The van der Waals surface area contributed by atoms with Crippen molar-refractivity contribution in [3.63, 3.8) is 0 Å². The Morgan fingerprint density at radius 3 is 2.52 bits per heavy atom. The van der Waals surface area contributed by atoms with Crippen LogP contribution in [0.15, 0.2) is 42.6 Å². The molecule has 0 aliphatic rings. The lowest BCUT2D eigenvalue weighted by Gasteiger charge is -2.10. The Morgan fingerprint density at radius 1 is 1.15 bits per heavy atom. The van der Waals surface area contributed by atoms with Crippen molar-refractivity contribution in [3.05, 3.63) is 59.4 Å². The van der Waals surface area contributed by atoms with Crippen LogP contribution in [0.3, 0.4) is 0 Å². The molecular formula is C19H21F3N2O3. The number of hydrogen-bond acceptors (Lipinski definition) is 4. The number of halogens is 3. The number of nitrogens with one attached hydrogen (secondary N) is 1. The van der Waals surface area contributed by atoms with E-state index in [4.69, 9.17) is 4.74 Å². The highest BCUT2D eigenvalue weighted by atomic mass is 19.4. The predicted octanol–water partition coefficient (Wildman–Crippen LogP) is 4.08. The minimum atomic E-state index is -4.73. The molecule has 5 nitrogen and oxygen atoms in total. The second kappa shape index (κ2) is 9.36. The van der Waals surface area contributed by atoms with Gasteiger partial charge in [-0.1, -0.05) is 32.0 Å². The number of hydrogen-bond donors (Lipinski definition) is 1. The van der Waals surface area contributed by atoms with E-state index < -0.39 is 6.36 Å². The van der Waals surface area contributed by atoms with Crippen LogP contribution in [0.5, 0.6) is 5.75 Å². The Balaban J connectivity index is 1.83. The van der Waals surface area contributed by atoms with Crippen LogP contribution in [0.25, 0.3) is 0 Å². The van der Waals surface area contributed by atoms with E-state index in [-0.39, 0.29) is 24.9 Å². The molecule has 8 heteroatoms. The van der Waals surface area contributed by atoms with E-state index in [0.717, 1.165) is 5.56 Å². The molecule has 0 aliphatic carbocycles. The summed E-state index contributed by atoms with van der Waals surface area (Å²) in [5.41, 5.74) is 1.61. The molecule has 0 spiro atoms. The van der Waals surface area contributed by atoms with Gasteiger partial charge in [0.2, 0.25) is 0 Å². The third-order valence-electron chi connectivity index (χ3n) is 3.40. The van der Waals surface area contributed by atoms with Crippen molar-refractivity contribution in [3.8, 4) is 5.75 Å². The predicted molar refractivity (Wildman–Crippen MR) is 93.0 cm³/mol. The molecule has 0 saturated heterocycles. The molecule has 2 aromatic rings. The zero-order chi connectivity index (χ0) is 19.9. The van der Waals surface area contributed by atoms with Gasteiger partial charge in [-0.25, -0.2) is 0 Å². The number of alkyl halides is 3. The maximum Gasteiger partial charge on any atom is 0.573 e. The molecule has 0 bridgehead atoms. The monoisotopic (exact) mass is 382 g/mol. The number of amides is 1. The fraction of sp³-hybridized carbons (Fsp3) is 0.368. The Kier molecular flexibility index (Phi) is 7.18. The highest BCUT2D eigenvalue weighted by molar-refractivity contribution is 5.92. The van der Waals surface area contributed by atoms with Gasteiger partial charge < -0.3 is 14.8 Å². The van der Waals surface area contributed by atoms with E-state index in [1.54, 1.807) is 18.2 Å². The van der Waals surface area contributed by atoms with E-state index in [9.17, 15) is 18.0 Å². The van der Waals surface area contributed by atoms with Crippen LogP contribution in [-0.2, 0) is 18.0 Å². The summed E-state index contributed by atoms with van der Waals surface area (Å²) in [7, 11) is 0. The fourth-order valence-corrected chi connectivity index (χ4v) is 2.15. The summed E-state index contributed by atoms with van der Waals surface area (Å²) in [4.78, 5) is 16.0. The third-order valence-corrected chi connectivity index (χ3v) is 3.40. The first-order valence-corrected chi connectivity index (χ1v) is 8.38. The van der Waals surface area contributed by atoms with Crippen LogP contribution in [0.1, 0.15) is 35.5 Å². The van der Waals surface area contributed by atoms with Crippen LogP contribution < -0.4 is 10.1 Å². The zero-order valence-corrected chi connectivity index (χ0v) is 15.0. The van der Waals surface area contributed by atoms with Crippen LogP contribution in [0, 0.1) is 5.92 Å². The second-order valence-electron chi connectivity index (χ2n) is 6.34. The summed E-state index contributed by atoms with van der Waals surface area (Å²) in [6, 6.07) is 8.93. The van der Waals surface area contributed by atoms with Crippen molar-refractivity contribution in [2.24, 2.45) is 5.92 Å². The Morgan fingerprint density at radius 2 is 1.89 bits per heavy atom. The van der Waals surface area contributed by atoms with Crippen molar-refractivity contribution < 1.29 is 27.4 Å². The van der Waals surface area contributed by atoms with Crippen molar-refractivity contribution in [2.45, 2.75) is 33.4 Å². The van der Waals surface area contributed by atoms with Crippen LogP contribution in [0.4, 0.5) is 13.2 Å². The SMILES string of the molecule is CC(C)CNC(=O)c1ccc(COCc2cccc(OC(F)(F)F)c2)cn1. The van der Waals surface area contributed by atoms with Gasteiger partial charge in [0.15, 0.2) is 0 Å². The molecule has 0 fully saturated rings. The number of benzene rings is 1. The van der Waals surface area contributed by atoms with Crippen LogP contribution in [-0.4, -0.2) is 23.8 Å². The summed E-state index contributed by atoms with van der Waals surface area (Å²) in [6.45, 7) is 4.90. The summed E-state index contributed by atoms with van der Waals surface area (Å²) >= 11 is 0. The van der Waals surface area contributed by atoms with E-state index in [1.807, 2.05) is 13.8 Å². The average Bonchev–Trinajstić information content (AvgIpc) is 2.59. The largest absolute Gasteiger partial charge is 0.573 e. The first-order valence-electron chi connectivity index (χ1n) is 8.38. The summed E-state index contributed by atoms with van der Waals surface area (Å²) in [6.07, 6.45) is -3.19. The minimum absolute atomic E-state index is 0.117. The molecule has 0 atom stereocenters. The van der Waals surface area contributed by atoms with Crippen molar-refractivity contribution in [2.75, 3.05) is 6.54 Å². The normalized spacial score (nSPS) is 11.5. The molecule has 1 N–H and O–H groups in total. The average molecular weight is 382 g/mol. The molecule has 0 saturated carbocycles. The highest BCUT2D eigenvalue weighted by Gasteiger charge is 2.31. The van der Waals surface area contributed by atoms with Gasteiger partial charge in [0.1, 0.15) is 11.4 Å². The van der Waals surface area contributed by atoms with Gasteiger partial charge in [-0.15, -0.1) is 13.2 Å². The Labute approximate surface area is 155 Å². The lowest BCUT2D eigenvalue weighted by molar-refractivity contribution is -0.274. The summed E-state index contributed by atoms with van der Waals surface area (Å²) in [5.74, 6) is -0.179. The van der Waals surface area contributed by atoms with Crippen LogP contribution in [0.2, 0.25) is 0 Å². The Hall–Kier alpha value is -2.61. The lowest BCUT2D eigenvalue weighted by atomic mass is 10.2. The van der Waals surface area contributed by atoms with E-state index in [0.29, 0.717) is 23.7 Å². The van der Waals surface area contributed by atoms with Gasteiger partial charge in [0.25, 0.3) is 5.91 Å². The minimum Gasteiger partial charge on any atom is -0.406 e. The van der Waals surface area contributed by atoms with Gasteiger partial charge in [-0.05, 0) is 35.2 Å².